The van der Waals surface area contributed by atoms with Crippen molar-refractivity contribution in [1.29, 1.82) is 0 Å². The van der Waals surface area contributed by atoms with Gasteiger partial charge in [-0.3, -0.25) is 0 Å². The molecule has 0 fully saturated rings. The Hall–Kier alpha value is -0.0500. The lowest BCUT2D eigenvalue weighted by Gasteiger charge is -2.14. The van der Waals surface area contributed by atoms with Crippen LogP contribution < -0.4 is 5.32 Å². The molecule has 0 aromatic carbocycles. The number of halogens is 1. The summed E-state index contributed by atoms with van der Waals surface area (Å²) in [6.45, 7) is 7.44. The van der Waals surface area contributed by atoms with E-state index in [0.717, 1.165) is 10.9 Å². The Bertz CT molecular complexity index is 257. The predicted molar refractivity (Wildman–Crippen MR) is 65.4 cm³/mol. The summed E-state index contributed by atoms with van der Waals surface area (Å²) < 4.78 is 0.930. The zero-order valence-electron chi connectivity index (χ0n) is 9.06. The number of nitrogens with one attached hydrogen (secondary N) is 1. The van der Waals surface area contributed by atoms with Gasteiger partial charge in [0, 0.05) is 10.9 Å². The molecule has 1 nitrogen and oxygen atoms in total. The standard InChI is InChI=1S/C11H18ClNS/c1-4-6-9(13-5-2)10-7-8(3)11(12)14-10/h7,9,13H,4-6H2,1-3H3. The van der Waals surface area contributed by atoms with Gasteiger partial charge in [-0.1, -0.05) is 31.9 Å². The lowest BCUT2D eigenvalue weighted by Crippen LogP contribution is -2.19. The SMILES string of the molecule is CCCC(NCC)c1cc(C)c(Cl)s1. The number of hydrogen-bond donors (Lipinski definition) is 1. The van der Waals surface area contributed by atoms with Crippen LogP contribution >= 0.6 is 22.9 Å². The summed E-state index contributed by atoms with van der Waals surface area (Å²) in [4.78, 5) is 1.37. The molecule has 80 valence electrons. The molecular weight excluding hydrogens is 214 g/mol. The smallest absolute Gasteiger partial charge is 0.0960 e. The third kappa shape index (κ3) is 2.97. The number of aryl methyl sites for hydroxylation is 1. The van der Waals surface area contributed by atoms with E-state index in [1.165, 1.54) is 23.3 Å². The van der Waals surface area contributed by atoms with Crippen LogP contribution in [-0.4, -0.2) is 6.54 Å². The molecule has 1 aromatic heterocycles. The molecule has 0 amide bonds. The lowest BCUT2D eigenvalue weighted by atomic mass is 10.1. The van der Waals surface area contributed by atoms with Crippen LogP contribution in [-0.2, 0) is 0 Å². The Morgan fingerprint density at radius 2 is 2.21 bits per heavy atom. The molecule has 0 spiro atoms. The number of thiophene rings is 1. The number of hydrogen-bond acceptors (Lipinski definition) is 2. The van der Waals surface area contributed by atoms with Crippen molar-refractivity contribution in [2.75, 3.05) is 6.54 Å². The predicted octanol–water partition coefficient (Wildman–Crippen LogP) is 4.16. The fraction of sp³-hybridized carbons (Fsp3) is 0.636. The van der Waals surface area contributed by atoms with Gasteiger partial charge < -0.3 is 5.32 Å². The quantitative estimate of drug-likeness (QED) is 0.803. The molecular formula is C11H18ClNS. The molecule has 0 aliphatic rings. The molecule has 1 aromatic rings. The highest BCUT2D eigenvalue weighted by Crippen LogP contribution is 2.32. The average molecular weight is 232 g/mol. The van der Waals surface area contributed by atoms with Crippen LogP contribution in [0.4, 0.5) is 0 Å². The maximum atomic E-state index is 6.06. The van der Waals surface area contributed by atoms with Gasteiger partial charge in [-0.05, 0) is 31.5 Å². The highest BCUT2D eigenvalue weighted by atomic mass is 35.5. The zero-order chi connectivity index (χ0) is 10.6. The second-order valence-electron chi connectivity index (χ2n) is 3.50. The van der Waals surface area contributed by atoms with E-state index in [-0.39, 0.29) is 0 Å². The van der Waals surface area contributed by atoms with Gasteiger partial charge in [-0.15, -0.1) is 11.3 Å². The first-order chi connectivity index (χ1) is 6.69. The van der Waals surface area contributed by atoms with Crippen LogP contribution in [0.5, 0.6) is 0 Å². The van der Waals surface area contributed by atoms with Crippen molar-refractivity contribution >= 4 is 22.9 Å². The monoisotopic (exact) mass is 231 g/mol. The molecule has 1 atom stereocenters. The highest BCUT2D eigenvalue weighted by Gasteiger charge is 2.13. The van der Waals surface area contributed by atoms with Crippen LogP contribution in [0.3, 0.4) is 0 Å². The molecule has 0 saturated carbocycles. The van der Waals surface area contributed by atoms with Gasteiger partial charge >= 0.3 is 0 Å². The molecule has 0 bridgehead atoms. The molecule has 1 heterocycles. The van der Waals surface area contributed by atoms with Gasteiger partial charge in [-0.25, -0.2) is 0 Å². The summed E-state index contributed by atoms with van der Waals surface area (Å²) in [6, 6.07) is 2.69. The molecule has 0 saturated heterocycles. The summed E-state index contributed by atoms with van der Waals surface area (Å²) in [7, 11) is 0. The minimum absolute atomic E-state index is 0.487. The lowest BCUT2D eigenvalue weighted by molar-refractivity contribution is 0.516. The van der Waals surface area contributed by atoms with Crippen LogP contribution in [0, 0.1) is 6.92 Å². The Morgan fingerprint density at radius 3 is 2.64 bits per heavy atom. The van der Waals surface area contributed by atoms with Crippen LogP contribution in [0.2, 0.25) is 4.34 Å². The molecule has 0 aliphatic carbocycles. The Labute approximate surface area is 95.5 Å². The topological polar surface area (TPSA) is 12.0 Å². The Balaban J connectivity index is 2.76. The van der Waals surface area contributed by atoms with Crippen molar-refractivity contribution in [3.05, 3.63) is 20.8 Å². The molecule has 0 radical (unpaired) electrons. The van der Waals surface area contributed by atoms with E-state index in [1.54, 1.807) is 11.3 Å². The number of rotatable bonds is 5. The van der Waals surface area contributed by atoms with E-state index in [4.69, 9.17) is 11.6 Å². The third-order valence-corrected chi connectivity index (χ3v) is 3.92. The van der Waals surface area contributed by atoms with E-state index >= 15 is 0 Å². The molecule has 3 heteroatoms. The van der Waals surface area contributed by atoms with Gasteiger partial charge in [-0.2, -0.15) is 0 Å². The second kappa shape index (κ2) is 5.74. The summed E-state index contributed by atoms with van der Waals surface area (Å²) in [5, 5.41) is 3.49. The van der Waals surface area contributed by atoms with Crippen molar-refractivity contribution < 1.29 is 0 Å². The summed E-state index contributed by atoms with van der Waals surface area (Å²) >= 11 is 7.77. The van der Waals surface area contributed by atoms with Gasteiger partial charge in [0.05, 0.1) is 4.34 Å². The van der Waals surface area contributed by atoms with Crippen molar-refractivity contribution in [2.24, 2.45) is 0 Å². The van der Waals surface area contributed by atoms with Crippen molar-refractivity contribution in [1.82, 2.24) is 5.32 Å². The van der Waals surface area contributed by atoms with Crippen LogP contribution in [0.15, 0.2) is 6.07 Å². The Kier molecular flexibility index (Phi) is 4.93. The summed E-state index contributed by atoms with van der Waals surface area (Å²) in [5.74, 6) is 0. The van der Waals surface area contributed by atoms with Crippen molar-refractivity contribution in [3.8, 4) is 0 Å². The van der Waals surface area contributed by atoms with Crippen LogP contribution in [0.25, 0.3) is 0 Å². The normalized spacial score (nSPS) is 13.1. The van der Waals surface area contributed by atoms with E-state index in [1.807, 2.05) is 0 Å². The average Bonchev–Trinajstić information content (AvgIpc) is 2.47. The first-order valence-electron chi connectivity index (χ1n) is 5.18. The molecule has 1 unspecified atom stereocenters. The highest BCUT2D eigenvalue weighted by molar-refractivity contribution is 7.16. The Morgan fingerprint density at radius 1 is 1.50 bits per heavy atom. The molecule has 1 rings (SSSR count). The van der Waals surface area contributed by atoms with E-state index < -0.39 is 0 Å². The van der Waals surface area contributed by atoms with E-state index in [0.29, 0.717) is 6.04 Å². The van der Waals surface area contributed by atoms with Gasteiger partial charge in [0.15, 0.2) is 0 Å². The third-order valence-electron chi connectivity index (χ3n) is 2.25. The molecule has 0 aliphatic heterocycles. The van der Waals surface area contributed by atoms with E-state index in [2.05, 4.69) is 32.2 Å². The van der Waals surface area contributed by atoms with Gasteiger partial charge in [0.2, 0.25) is 0 Å². The summed E-state index contributed by atoms with van der Waals surface area (Å²) in [6.07, 6.45) is 2.39. The van der Waals surface area contributed by atoms with Crippen LogP contribution in [0.1, 0.15) is 43.2 Å². The van der Waals surface area contributed by atoms with Gasteiger partial charge in [0.25, 0.3) is 0 Å². The largest absolute Gasteiger partial charge is 0.310 e. The minimum Gasteiger partial charge on any atom is -0.310 e. The zero-order valence-corrected chi connectivity index (χ0v) is 10.6. The van der Waals surface area contributed by atoms with Gasteiger partial charge in [0.1, 0.15) is 0 Å². The fourth-order valence-corrected chi connectivity index (χ4v) is 2.86. The van der Waals surface area contributed by atoms with E-state index in [9.17, 15) is 0 Å². The molecule has 1 N–H and O–H groups in total. The summed E-state index contributed by atoms with van der Waals surface area (Å²) in [5.41, 5.74) is 1.20. The second-order valence-corrected chi connectivity index (χ2v) is 5.19. The molecule has 14 heavy (non-hydrogen) atoms. The first kappa shape index (κ1) is 12.0. The fourth-order valence-electron chi connectivity index (χ4n) is 1.54. The minimum atomic E-state index is 0.487. The maximum Gasteiger partial charge on any atom is 0.0960 e. The van der Waals surface area contributed by atoms with Crippen molar-refractivity contribution in [2.45, 2.75) is 39.7 Å². The first-order valence-corrected chi connectivity index (χ1v) is 6.37. The van der Waals surface area contributed by atoms with Crippen molar-refractivity contribution in [3.63, 3.8) is 0 Å². The maximum absolute atomic E-state index is 6.06.